The van der Waals surface area contributed by atoms with E-state index in [1.807, 2.05) is 0 Å². The van der Waals surface area contributed by atoms with Crippen molar-refractivity contribution < 1.29 is 18.9 Å². The number of carbonyl (C=O) groups excluding carboxylic acids is 2. The van der Waals surface area contributed by atoms with E-state index in [1.165, 1.54) is 36.6 Å². The van der Waals surface area contributed by atoms with Crippen molar-refractivity contribution >= 4 is 23.6 Å². The van der Waals surface area contributed by atoms with Crippen molar-refractivity contribution in [2.45, 2.75) is 25.7 Å². The number of nitrogens with one attached hydrogen (secondary N) is 1. The standard InChI is InChI=1S/C20H21N3O5/c24-19(18-9-6-12-28-18)21-17(20(25)22-10-3-1-2-4-11-22)14-15-7-5-8-16(13-15)23(26)27/h5-9,12-14H,1-4,10-11H2,(H,21,24)/b17-14-. The van der Waals surface area contributed by atoms with Gasteiger partial charge in [0.25, 0.3) is 17.5 Å². The molecule has 1 aromatic heterocycles. The zero-order valence-corrected chi connectivity index (χ0v) is 15.3. The average molecular weight is 383 g/mol. The summed E-state index contributed by atoms with van der Waals surface area (Å²) in [6.07, 6.45) is 6.76. The quantitative estimate of drug-likeness (QED) is 0.484. The molecule has 0 spiro atoms. The molecule has 2 amide bonds. The number of furan rings is 1. The summed E-state index contributed by atoms with van der Waals surface area (Å²) in [5.74, 6) is -0.785. The lowest BCUT2D eigenvalue weighted by molar-refractivity contribution is -0.384. The van der Waals surface area contributed by atoms with Gasteiger partial charge < -0.3 is 14.6 Å². The molecule has 1 fully saturated rings. The maximum Gasteiger partial charge on any atom is 0.291 e. The van der Waals surface area contributed by atoms with Crippen LogP contribution in [-0.4, -0.2) is 34.7 Å². The van der Waals surface area contributed by atoms with Crippen molar-refractivity contribution in [3.8, 4) is 0 Å². The number of rotatable bonds is 5. The lowest BCUT2D eigenvalue weighted by Gasteiger charge is -2.22. The zero-order valence-electron chi connectivity index (χ0n) is 15.3. The van der Waals surface area contributed by atoms with Gasteiger partial charge in [0, 0.05) is 25.2 Å². The number of carbonyl (C=O) groups is 2. The van der Waals surface area contributed by atoms with E-state index in [4.69, 9.17) is 4.42 Å². The third-order valence-electron chi connectivity index (χ3n) is 4.51. The minimum Gasteiger partial charge on any atom is -0.459 e. The largest absolute Gasteiger partial charge is 0.459 e. The number of hydrogen-bond donors (Lipinski definition) is 1. The summed E-state index contributed by atoms with van der Waals surface area (Å²) in [5.41, 5.74) is 0.420. The second kappa shape index (κ2) is 8.98. The maximum atomic E-state index is 13.1. The Bertz CT molecular complexity index is 881. The predicted molar refractivity (Wildman–Crippen MR) is 102 cm³/mol. The van der Waals surface area contributed by atoms with Crippen molar-refractivity contribution in [1.29, 1.82) is 0 Å². The monoisotopic (exact) mass is 383 g/mol. The van der Waals surface area contributed by atoms with Crippen LogP contribution in [0.4, 0.5) is 5.69 Å². The van der Waals surface area contributed by atoms with E-state index in [0.717, 1.165) is 25.7 Å². The number of nitrogens with zero attached hydrogens (tertiary/aromatic N) is 2. The first-order chi connectivity index (χ1) is 13.5. The van der Waals surface area contributed by atoms with E-state index >= 15 is 0 Å². The normalized spacial score (nSPS) is 15.0. The van der Waals surface area contributed by atoms with Crippen LogP contribution in [0.15, 0.2) is 52.8 Å². The van der Waals surface area contributed by atoms with E-state index in [1.54, 1.807) is 17.0 Å². The van der Waals surface area contributed by atoms with Crippen LogP contribution in [0.1, 0.15) is 41.8 Å². The molecule has 8 heteroatoms. The summed E-state index contributed by atoms with van der Waals surface area (Å²) < 4.78 is 5.09. The summed E-state index contributed by atoms with van der Waals surface area (Å²) in [5, 5.41) is 13.6. The Morgan fingerprint density at radius 3 is 2.50 bits per heavy atom. The van der Waals surface area contributed by atoms with Gasteiger partial charge in [-0.25, -0.2) is 0 Å². The Hall–Kier alpha value is -3.42. The third kappa shape index (κ3) is 4.85. The number of non-ortho nitro benzene ring substituents is 1. The highest BCUT2D eigenvalue weighted by atomic mass is 16.6. The molecule has 0 saturated carbocycles. The van der Waals surface area contributed by atoms with Crippen LogP contribution in [-0.2, 0) is 4.79 Å². The molecule has 0 bridgehead atoms. The molecule has 28 heavy (non-hydrogen) atoms. The van der Waals surface area contributed by atoms with Gasteiger partial charge in [0.2, 0.25) is 0 Å². The van der Waals surface area contributed by atoms with E-state index < -0.39 is 10.8 Å². The lowest BCUT2D eigenvalue weighted by Crippen LogP contribution is -2.38. The highest BCUT2D eigenvalue weighted by Crippen LogP contribution is 2.18. The van der Waals surface area contributed by atoms with Gasteiger partial charge in [0.15, 0.2) is 5.76 Å². The molecular formula is C20H21N3O5. The maximum absolute atomic E-state index is 13.1. The number of amides is 2. The van der Waals surface area contributed by atoms with Crippen LogP contribution in [0.2, 0.25) is 0 Å². The van der Waals surface area contributed by atoms with Gasteiger partial charge in [-0.3, -0.25) is 19.7 Å². The van der Waals surface area contributed by atoms with E-state index in [9.17, 15) is 19.7 Å². The first-order valence-corrected chi connectivity index (χ1v) is 9.15. The Balaban J connectivity index is 1.91. The molecule has 1 N–H and O–H groups in total. The van der Waals surface area contributed by atoms with Crippen molar-refractivity contribution in [3.05, 3.63) is 69.8 Å². The zero-order chi connectivity index (χ0) is 19.9. The van der Waals surface area contributed by atoms with Gasteiger partial charge >= 0.3 is 0 Å². The molecule has 1 aliphatic heterocycles. The number of likely N-dealkylation sites (tertiary alicyclic amines) is 1. The molecular weight excluding hydrogens is 362 g/mol. The molecule has 8 nitrogen and oxygen atoms in total. The van der Waals surface area contributed by atoms with Gasteiger partial charge in [-0.05, 0) is 36.6 Å². The first kappa shape index (κ1) is 19.3. The van der Waals surface area contributed by atoms with Crippen molar-refractivity contribution in [2.75, 3.05) is 13.1 Å². The minimum absolute atomic E-state index is 0.0591. The van der Waals surface area contributed by atoms with Gasteiger partial charge in [-0.15, -0.1) is 0 Å². The topological polar surface area (TPSA) is 106 Å². The van der Waals surface area contributed by atoms with Crippen LogP contribution in [0.5, 0.6) is 0 Å². The number of benzene rings is 1. The van der Waals surface area contributed by atoms with Gasteiger partial charge in [-0.2, -0.15) is 0 Å². The van der Waals surface area contributed by atoms with Gasteiger partial charge in [0.05, 0.1) is 11.2 Å². The predicted octanol–water partition coefficient (Wildman–Crippen LogP) is 3.36. The Morgan fingerprint density at radius 2 is 1.86 bits per heavy atom. The fourth-order valence-electron chi connectivity index (χ4n) is 3.08. The molecule has 2 aromatic rings. The Kier molecular flexibility index (Phi) is 6.21. The van der Waals surface area contributed by atoms with Crippen LogP contribution in [0.25, 0.3) is 6.08 Å². The van der Waals surface area contributed by atoms with Crippen LogP contribution >= 0.6 is 0 Å². The molecule has 1 aliphatic rings. The van der Waals surface area contributed by atoms with Crippen LogP contribution in [0.3, 0.4) is 0 Å². The molecule has 0 unspecified atom stereocenters. The van der Waals surface area contributed by atoms with E-state index in [0.29, 0.717) is 18.7 Å². The Morgan fingerprint density at radius 1 is 1.11 bits per heavy atom. The summed E-state index contributed by atoms with van der Waals surface area (Å²) in [6.45, 7) is 1.23. The molecule has 0 atom stereocenters. The smallest absolute Gasteiger partial charge is 0.291 e. The molecule has 2 heterocycles. The molecule has 1 saturated heterocycles. The van der Waals surface area contributed by atoms with Crippen molar-refractivity contribution in [2.24, 2.45) is 0 Å². The summed E-state index contributed by atoms with van der Waals surface area (Å²) in [6, 6.07) is 8.98. The molecule has 1 aromatic carbocycles. The molecule has 3 rings (SSSR count). The number of nitro groups is 1. The highest BCUT2D eigenvalue weighted by molar-refractivity contribution is 6.04. The van der Waals surface area contributed by atoms with Crippen LogP contribution < -0.4 is 5.32 Å². The SMILES string of the molecule is O=C(N/C(=C\c1cccc([N+](=O)[O-])c1)C(=O)N1CCCCCC1)c1ccco1. The summed E-state index contributed by atoms with van der Waals surface area (Å²) >= 11 is 0. The highest BCUT2D eigenvalue weighted by Gasteiger charge is 2.22. The van der Waals surface area contributed by atoms with Crippen molar-refractivity contribution in [3.63, 3.8) is 0 Å². The van der Waals surface area contributed by atoms with Gasteiger partial charge in [0.1, 0.15) is 5.70 Å². The molecule has 146 valence electrons. The second-order valence-corrected chi connectivity index (χ2v) is 6.55. The molecule has 0 radical (unpaired) electrons. The summed E-state index contributed by atoms with van der Waals surface area (Å²) in [7, 11) is 0. The van der Waals surface area contributed by atoms with Crippen LogP contribution in [0, 0.1) is 10.1 Å². The minimum atomic E-state index is -0.551. The average Bonchev–Trinajstić information content (AvgIpc) is 3.10. The van der Waals surface area contributed by atoms with E-state index in [2.05, 4.69) is 5.32 Å². The first-order valence-electron chi connectivity index (χ1n) is 9.15. The van der Waals surface area contributed by atoms with Gasteiger partial charge in [-0.1, -0.05) is 25.0 Å². The second-order valence-electron chi connectivity index (χ2n) is 6.55. The lowest BCUT2D eigenvalue weighted by atomic mass is 10.1. The summed E-state index contributed by atoms with van der Waals surface area (Å²) in [4.78, 5) is 37.7. The number of nitro benzene ring substituents is 1. The van der Waals surface area contributed by atoms with E-state index in [-0.39, 0.29) is 23.1 Å². The fourth-order valence-corrected chi connectivity index (χ4v) is 3.08. The number of hydrogen-bond acceptors (Lipinski definition) is 5. The fraction of sp³-hybridized carbons (Fsp3) is 0.300. The third-order valence-corrected chi connectivity index (χ3v) is 4.51. The molecule has 0 aliphatic carbocycles. The Labute approximate surface area is 162 Å². The van der Waals surface area contributed by atoms with Crippen molar-refractivity contribution in [1.82, 2.24) is 10.2 Å².